The molecule has 0 spiro atoms. The van der Waals surface area contributed by atoms with Crippen molar-refractivity contribution in [2.24, 2.45) is 4.99 Å². The number of pyridine rings is 1. The molecule has 5 heteroatoms. The van der Waals surface area contributed by atoms with Crippen LogP contribution in [-0.2, 0) is 13.0 Å². The quantitative estimate of drug-likeness (QED) is 0.664. The van der Waals surface area contributed by atoms with E-state index >= 15 is 0 Å². The lowest BCUT2D eigenvalue weighted by molar-refractivity contribution is 0.404. The van der Waals surface area contributed by atoms with Crippen LogP contribution in [0.5, 0.6) is 5.88 Å². The molecule has 0 aliphatic heterocycles. The lowest BCUT2D eigenvalue weighted by Gasteiger charge is -2.14. The maximum atomic E-state index is 12.7. The summed E-state index contributed by atoms with van der Waals surface area (Å²) in [7, 11) is 0. The first kappa shape index (κ1) is 20.1. The molecule has 3 rings (SSSR count). The average Bonchev–Trinajstić information content (AvgIpc) is 2.71. The van der Waals surface area contributed by atoms with Crippen molar-refractivity contribution in [1.29, 1.82) is 5.26 Å². The standard InChI is InChI=1S/C24H23N3O2/c1-16-9-10-17(2)22(13-16)26-15-21-18(3)20(14-25)23(28)27(24(21)29)12-11-19-7-5-4-6-8-19/h4-10,13,15,29H,11-12H2,1-3H3. The smallest absolute Gasteiger partial charge is 0.271 e. The van der Waals surface area contributed by atoms with Crippen molar-refractivity contribution >= 4 is 11.9 Å². The van der Waals surface area contributed by atoms with Gasteiger partial charge in [-0.25, -0.2) is 0 Å². The van der Waals surface area contributed by atoms with Crippen LogP contribution in [0.15, 0.2) is 58.3 Å². The second kappa shape index (κ2) is 8.57. The van der Waals surface area contributed by atoms with Crippen LogP contribution in [0, 0.1) is 32.1 Å². The summed E-state index contributed by atoms with van der Waals surface area (Å²) in [5.41, 5.74) is 4.26. The second-order valence-corrected chi connectivity index (χ2v) is 7.09. The number of aromatic nitrogens is 1. The normalized spacial score (nSPS) is 11.0. The molecular weight excluding hydrogens is 362 g/mol. The van der Waals surface area contributed by atoms with Gasteiger partial charge in [0.2, 0.25) is 5.88 Å². The summed E-state index contributed by atoms with van der Waals surface area (Å²) >= 11 is 0. The summed E-state index contributed by atoms with van der Waals surface area (Å²) in [6.45, 7) is 5.87. The fraction of sp³-hybridized carbons (Fsp3) is 0.208. The zero-order valence-corrected chi connectivity index (χ0v) is 16.8. The molecule has 1 heterocycles. The van der Waals surface area contributed by atoms with Gasteiger partial charge in [0.25, 0.3) is 5.56 Å². The molecule has 1 N–H and O–H groups in total. The SMILES string of the molecule is Cc1ccc(C)c(N=Cc2c(C)c(C#N)c(=O)n(CCc3ccccc3)c2O)c1. The van der Waals surface area contributed by atoms with Gasteiger partial charge in [-0.3, -0.25) is 14.4 Å². The minimum absolute atomic E-state index is 0.0262. The Kier molecular flexibility index (Phi) is 5.94. The summed E-state index contributed by atoms with van der Waals surface area (Å²) in [5.74, 6) is -0.170. The third kappa shape index (κ3) is 4.27. The first-order chi connectivity index (χ1) is 13.9. The van der Waals surface area contributed by atoms with Crippen molar-refractivity contribution < 1.29 is 5.11 Å². The van der Waals surface area contributed by atoms with Gasteiger partial charge in [-0.2, -0.15) is 5.26 Å². The van der Waals surface area contributed by atoms with E-state index in [0.717, 1.165) is 22.4 Å². The lowest BCUT2D eigenvalue weighted by Crippen LogP contribution is -2.26. The van der Waals surface area contributed by atoms with Crippen LogP contribution < -0.4 is 5.56 Å². The Morgan fingerprint density at radius 1 is 1.14 bits per heavy atom. The number of aliphatic imine (C=N–C) groups is 1. The van der Waals surface area contributed by atoms with Crippen molar-refractivity contribution in [1.82, 2.24) is 4.57 Å². The molecule has 0 unspecified atom stereocenters. The van der Waals surface area contributed by atoms with Gasteiger partial charge < -0.3 is 5.11 Å². The number of rotatable bonds is 5. The van der Waals surface area contributed by atoms with Gasteiger partial charge in [0.05, 0.1) is 11.3 Å². The second-order valence-electron chi connectivity index (χ2n) is 7.09. The number of hydrogen-bond donors (Lipinski definition) is 1. The molecule has 0 aliphatic carbocycles. The van der Waals surface area contributed by atoms with Crippen LogP contribution in [0.25, 0.3) is 0 Å². The van der Waals surface area contributed by atoms with E-state index < -0.39 is 5.56 Å². The number of nitrogens with zero attached hydrogens (tertiary/aromatic N) is 3. The first-order valence-corrected chi connectivity index (χ1v) is 9.44. The Hall–Kier alpha value is -3.65. The Labute approximate surface area is 170 Å². The lowest BCUT2D eigenvalue weighted by atomic mass is 10.1. The third-order valence-corrected chi connectivity index (χ3v) is 5.01. The van der Waals surface area contributed by atoms with E-state index in [0.29, 0.717) is 17.5 Å². The highest BCUT2D eigenvalue weighted by Gasteiger charge is 2.18. The van der Waals surface area contributed by atoms with Crippen molar-refractivity contribution in [2.75, 3.05) is 0 Å². The van der Waals surface area contributed by atoms with Crippen molar-refractivity contribution in [3.8, 4) is 11.9 Å². The minimum atomic E-state index is -0.484. The topological polar surface area (TPSA) is 78.4 Å². The van der Waals surface area contributed by atoms with E-state index in [-0.39, 0.29) is 18.0 Å². The Morgan fingerprint density at radius 2 is 1.86 bits per heavy atom. The van der Waals surface area contributed by atoms with Crippen molar-refractivity contribution in [2.45, 2.75) is 33.7 Å². The molecule has 0 radical (unpaired) electrons. The maximum Gasteiger partial charge on any atom is 0.271 e. The Balaban J connectivity index is 2.05. The maximum absolute atomic E-state index is 12.7. The summed E-state index contributed by atoms with van der Waals surface area (Å²) in [6, 6.07) is 17.6. The molecule has 3 aromatic rings. The molecule has 5 nitrogen and oxygen atoms in total. The van der Waals surface area contributed by atoms with Crippen LogP contribution in [0.2, 0.25) is 0 Å². The van der Waals surface area contributed by atoms with Gasteiger partial charge in [0.15, 0.2) is 0 Å². The number of aromatic hydroxyl groups is 1. The van der Waals surface area contributed by atoms with Crippen LogP contribution in [0.3, 0.4) is 0 Å². The molecule has 0 fully saturated rings. The van der Waals surface area contributed by atoms with Gasteiger partial charge >= 0.3 is 0 Å². The number of nitriles is 1. The average molecular weight is 385 g/mol. The molecule has 0 amide bonds. The monoisotopic (exact) mass is 385 g/mol. The Bertz CT molecular complexity index is 1170. The van der Waals surface area contributed by atoms with Gasteiger partial charge in [-0.15, -0.1) is 0 Å². The molecule has 0 aliphatic rings. The molecule has 1 aromatic heterocycles. The predicted octanol–water partition coefficient (Wildman–Crippen LogP) is 4.34. The zero-order valence-electron chi connectivity index (χ0n) is 16.8. The highest BCUT2D eigenvalue weighted by molar-refractivity contribution is 5.87. The fourth-order valence-corrected chi connectivity index (χ4v) is 3.21. The van der Waals surface area contributed by atoms with E-state index in [1.807, 2.05) is 68.4 Å². The number of hydrogen-bond acceptors (Lipinski definition) is 4. The summed E-state index contributed by atoms with van der Waals surface area (Å²) in [6.07, 6.45) is 2.10. The third-order valence-electron chi connectivity index (χ3n) is 5.01. The molecule has 0 saturated heterocycles. The predicted molar refractivity (Wildman–Crippen MR) is 115 cm³/mol. The summed E-state index contributed by atoms with van der Waals surface area (Å²) in [5, 5.41) is 20.3. The van der Waals surface area contributed by atoms with Crippen molar-refractivity contribution in [3.63, 3.8) is 0 Å². The first-order valence-electron chi connectivity index (χ1n) is 9.44. The minimum Gasteiger partial charge on any atom is -0.494 e. The van der Waals surface area contributed by atoms with E-state index in [9.17, 15) is 15.2 Å². The molecule has 0 bridgehead atoms. The number of aryl methyl sites for hydroxylation is 3. The molecule has 0 atom stereocenters. The van der Waals surface area contributed by atoms with Crippen LogP contribution >= 0.6 is 0 Å². The fourth-order valence-electron chi connectivity index (χ4n) is 3.21. The van der Waals surface area contributed by atoms with Gasteiger partial charge in [-0.1, -0.05) is 42.5 Å². The van der Waals surface area contributed by atoms with Gasteiger partial charge in [0.1, 0.15) is 11.6 Å². The largest absolute Gasteiger partial charge is 0.494 e. The molecule has 0 saturated carbocycles. The number of benzene rings is 2. The van der Waals surface area contributed by atoms with E-state index in [4.69, 9.17) is 0 Å². The zero-order chi connectivity index (χ0) is 21.0. The summed E-state index contributed by atoms with van der Waals surface area (Å²) in [4.78, 5) is 17.2. The summed E-state index contributed by atoms with van der Waals surface area (Å²) < 4.78 is 1.25. The van der Waals surface area contributed by atoms with Crippen molar-refractivity contribution in [3.05, 3.63) is 92.3 Å². The van der Waals surface area contributed by atoms with E-state index in [1.165, 1.54) is 10.8 Å². The van der Waals surface area contributed by atoms with E-state index in [2.05, 4.69) is 4.99 Å². The molecular formula is C24H23N3O2. The molecule has 29 heavy (non-hydrogen) atoms. The Morgan fingerprint density at radius 3 is 2.55 bits per heavy atom. The van der Waals surface area contributed by atoms with Crippen LogP contribution in [-0.4, -0.2) is 15.9 Å². The van der Waals surface area contributed by atoms with Gasteiger partial charge in [0, 0.05) is 12.8 Å². The molecule has 2 aromatic carbocycles. The van der Waals surface area contributed by atoms with Crippen LogP contribution in [0.4, 0.5) is 5.69 Å². The van der Waals surface area contributed by atoms with E-state index in [1.54, 1.807) is 6.92 Å². The highest BCUT2D eigenvalue weighted by atomic mass is 16.3. The van der Waals surface area contributed by atoms with Crippen LogP contribution in [0.1, 0.15) is 33.4 Å². The highest BCUT2D eigenvalue weighted by Crippen LogP contribution is 2.24. The van der Waals surface area contributed by atoms with Gasteiger partial charge in [-0.05, 0) is 55.5 Å². The molecule has 146 valence electrons.